The third-order valence-corrected chi connectivity index (χ3v) is 5.14. The fourth-order valence-electron chi connectivity index (χ4n) is 3.68. The van der Waals surface area contributed by atoms with Crippen molar-refractivity contribution in [3.05, 3.63) is 80.0 Å². The molecule has 6 nitrogen and oxygen atoms in total. The summed E-state index contributed by atoms with van der Waals surface area (Å²) in [5.74, 6) is 0.345. The summed E-state index contributed by atoms with van der Waals surface area (Å²) < 4.78 is 1.96. The lowest BCUT2D eigenvalue weighted by molar-refractivity contribution is 0.648. The van der Waals surface area contributed by atoms with Gasteiger partial charge in [-0.1, -0.05) is 37.3 Å². The maximum Gasteiger partial charge on any atom is 0.349 e. The Kier molecular flexibility index (Phi) is 4.77. The maximum absolute atomic E-state index is 12.3. The van der Waals surface area contributed by atoms with Gasteiger partial charge in [0.05, 0.1) is 11.0 Å². The van der Waals surface area contributed by atoms with E-state index in [0.29, 0.717) is 12.4 Å². The molecule has 0 amide bonds. The van der Waals surface area contributed by atoms with Crippen molar-refractivity contribution in [1.29, 1.82) is 0 Å². The molecular formula is C22H22N4O2. The second kappa shape index (κ2) is 7.38. The summed E-state index contributed by atoms with van der Waals surface area (Å²) in [7, 11) is 0. The van der Waals surface area contributed by atoms with Crippen LogP contribution in [0.5, 0.6) is 0 Å². The average molecular weight is 374 g/mol. The van der Waals surface area contributed by atoms with E-state index in [1.165, 1.54) is 16.7 Å². The van der Waals surface area contributed by atoms with Crippen LogP contribution >= 0.6 is 0 Å². The van der Waals surface area contributed by atoms with Crippen molar-refractivity contribution in [3.8, 4) is 11.5 Å². The Morgan fingerprint density at radius 3 is 2.61 bits per heavy atom. The molecule has 4 rings (SSSR count). The van der Waals surface area contributed by atoms with Gasteiger partial charge in [0, 0.05) is 6.54 Å². The molecule has 2 aliphatic rings. The van der Waals surface area contributed by atoms with Crippen LogP contribution in [0.15, 0.2) is 52.1 Å². The molecule has 2 heterocycles. The molecule has 0 aromatic heterocycles. The molecule has 0 spiro atoms. The zero-order valence-electron chi connectivity index (χ0n) is 16.0. The Labute approximate surface area is 162 Å². The molecule has 2 aliphatic heterocycles. The normalized spacial score (nSPS) is 11.4. The van der Waals surface area contributed by atoms with Gasteiger partial charge < -0.3 is 4.57 Å². The second-order valence-corrected chi connectivity index (χ2v) is 7.02. The Bertz CT molecular complexity index is 1230. The molecule has 28 heavy (non-hydrogen) atoms. The molecule has 0 saturated carbocycles. The van der Waals surface area contributed by atoms with Crippen LogP contribution in [0.4, 0.5) is 0 Å². The zero-order chi connectivity index (χ0) is 19.7. The van der Waals surface area contributed by atoms with Crippen molar-refractivity contribution in [2.75, 3.05) is 0 Å². The van der Waals surface area contributed by atoms with E-state index in [1.54, 1.807) is 0 Å². The van der Waals surface area contributed by atoms with Crippen LogP contribution in [-0.2, 0) is 19.4 Å². The third kappa shape index (κ3) is 3.33. The van der Waals surface area contributed by atoms with Crippen LogP contribution in [0.3, 0.4) is 0 Å². The number of nitrogens with zero attached hydrogens (tertiary/aromatic N) is 3. The van der Waals surface area contributed by atoms with Crippen LogP contribution in [-0.4, -0.2) is 19.5 Å². The molecule has 6 heteroatoms. The van der Waals surface area contributed by atoms with Gasteiger partial charge in [-0.2, -0.15) is 4.98 Å². The first-order valence-electron chi connectivity index (χ1n) is 9.55. The molecule has 0 fully saturated rings. The van der Waals surface area contributed by atoms with Crippen molar-refractivity contribution in [2.45, 2.75) is 39.7 Å². The zero-order valence-corrected chi connectivity index (χ0v) is 16.0. The first-order valence-corrected chi connectivity index (χ1v) is 9.55. The Morgan fingerprint density at radius 1 is 1.07 bits per heavy atom. The van der Waals surface area contributed by atoms with Crippen molar-refractivity contribution < 1.29 is 0 Å². The SMILES string of the molecule is CCc1cc2nc3c(=O)[nH]c(=O)nc-3n(CCCc3ccccc3)c2cc1C. The third-order valence-electron chi connectivity index (χ3n) is 5.14. The lowest BCUT2D eigenvalue weighted by Gasteiger charge is -2.18. The number of nitrogens with one attached hydrogen (secondary N) is 1. The highest BCUT2D eigenvalue weighted by molar-refractivity contribution is 5.81. The fourth-order valence-corrected chi connectivity index (χ4v) is 3.68. The summed E-state index contributed by atoms with van der Waals surface area (Å²) in [5.41, 5.74) is 4.33. The molecular weight excluding hydrogens is 352 g/mol. The molecule has 2 aromatic carbocycles. The second-order valence-electron chi connectivity index (χ2n) is 7.02. The van der Waals surface area contributed by atoms with Gasteiger partial charge >= 0.3 is 5.69 Å². The standard InChI is InChI=1S/C22H22N4O2/c1-3-16-13-17-18(12-14(16)2)26(11-7-10-15-8-5-4-6-9-15)20-19(23-17)21(27)25-22(28)24-20/h4-6,8-9,12-13H,3,7,10-11H2,1-2H3,(H,25,27,28). The van der Waals surface area contributed by atoms with E-state index >= 15 is 0 Å². The van der Waals surface area contributed by atoms with Gasteiger partial charge in [0.15, 0.2) is 11.5 Å². The summed E-state index contributed by atoms with van der Waals surface area (Å²) in [4.78, 5) is 35.0. The van der Waals surface area contributed by atoms with Crippen molar-refractivity contribution in [2.24, 2.45) is 0 Å². The first kappa shape index (κ1) is 18.1. The lowest BCUT2D eigenvalue weighted by Crippen LogP contribution is -2.29. The minimum absolute atomic E-state index is 0.206. The average Bonchev–Trinajstić information content (AvgIpc) is 2.69. The number of hydrogen-bond acceptors (Lipinski definition) is 4. The number of fused-ring (bicyclic) bond motifs is 2. The van der Waals surface area contributed by atoms with Gasteiger partial charge in [0.25, 0.3) is 5.56 Å². The number of aromatic nitrogens is 4. The molecule has 0 bridgehead atoms. The number of benzene rings is 2. The van der Waals surface area contributed by atoms with Crippen LogP contribution in [0, 0.1) is 6.92 Å². The van der Waals surface area contributed by atoms with Gasteiger partial charge in [0.2, 0.25) is 0 Å². The van der Waals surface area contributed by atoms with E-state index in [9.17, 15) is 9.59 Å². The smallest absolute Gasteiger partial charge is 0.322 e. The van der Waals surface area contributed by atoms with Gasteiger partial charge in [-0.05, 0) is 55.0 Å². The summed E-state index contributed by atoms with van der Waals surface area (Å²) >= 11 is 0. The number of hydrogen-bond donors (Lipinski definition) is 1. The van der Waals surface area contributed by atoms with Crippen LogP contribution in [0.1, 0.15) is 30.0 Å². The van der Waals surface area contributed by atoms with Crippen molar-refractivity contribution >= 4 is 11.0 Å². The van der Waals surface area contributed by atoms with Crippen LogP contribution in [0.25, 0.3) is 22.6 Å². The lowest BCUT2D eigenvalue weighted by atomic mass is 10.0. The molecule has 1 N–H and O–H groups in total. The number of rotatable bonds is 5. The quantitative estimate of drug-likeness (QED) is 0.544. The van der Waals surface area contributed by atoms with Crippen molar-refractivity contribution in [3.63, 3.8) is 0 Å². The Hall–Kier alpha value is -3.28. The number of H-pyrrole nitrogens is 1. The molecule has 142 valence electrons. The predicted molar refractivity (Wildman–Crippen MR) is 110 cm³/mol. The summed E-state index contributed by atoms with van der Waals surface area (Å²) in [6.07, 6.45) is 2.66. The highest BCUT2D eigenvalue weighted by Gasteiger charge is 2.19. The van der Waals surface area contributed by atoms with E-state index in [-0.39, 0.29) is 5.69 Å². The highest BCUT2D eigenvalue weighted by atomic mass is 16.2. The number of aromatic amines is 1. The topological polar surface area (TPSA) is 80.6 Å². The minimum Gasteiger partial charge on any atom is -0.322 e. The molecule has 0 aliphatic carbocycles. The highest BCUT2D eigenvalue weighted by Crippen LogP contribution is 2.24. The molecule has 0 saturated heterocycles. The molecule has 0 atom stereocenters. The summed E-state index contributed by atoms with van der Waals surface area (Å²) in [5, 5.41) is 0. The van der Waals surface area contributed by atoms with Crippen LogP contribution < -0.4 is 11.2 Å². The number of aryl methyl sites for hydroxylation is 4. The minimum atomic E-state index is -0.641. The molecule has 2 aromatic rings. The van der Waals surface area contributed by atoms with E-state index in [2.05, 4.69) is 47.0 Å². The van der Waals surface area contributed by atoms with E-state index < -0.39 is 11.2 Å². The van der Waals surface area contributed by atoms with E-state index in [4.69, 9.17) is 0 Å². The molecule has 0 unspecified atom stereocenters. The molecule has 0 radical (unpaired) electrons. The summed E-state index contributed by atoms with van der Waals surface area (Å²) in [6, 6.07) is 14.4. The van der Waals surface area contributed by atoms with Gasteiger partial charge in [-0.25, -0.2) is 9.78 Å². The summed E-state index contributed by atoms with van der Waals surface area (Å²) in [6.45, 7) is 4.81. The van der Waals surface area contributed by atoms with Gasteiger partial charge in [-0.3, -0.25) is 9.78 Å². The van der Waals surface area contributed by atoms with Crippen molar-refractivity contribution in [1.82, 2.24) is 19.5 Å². The first-order chi connectivity index (χ1) is 13.6. The van der Waals surface area contributed by atoms with Crippen LogP contribution in [0.2, 0.25) is 0 Å². The van der Waals surface area contributed by atoms with E-state index in [0.717, 1.165) is 30.3 Å². The predicted octanol–water partition coefficient (Wildman–Crippen LogP) is 3.09. The van der Waals surface area contributed by atoms with Gasteiger partial charge in [0.1, 0.15) is 0 Å². The Balaban J connectivity index is 1.85. The Morgan fingerprint density at radius 2 is 1.86 bits per heavy atom. The fraction of sp³-hybridized carbons (Fsp3) is 0.273. The van der Waals surface area contributed by atoms with E-state index in [1.807, 2.05) is 28.8 Å². The van der Waals surface area contributed by atoms with Gasteiger partial charge in [-0.15, -0.1) is 0 Å². The largest absolute Gasteiger partial charge is 0.349 e. The maximum atomic E-state index is 12.3. The monoisotopic (exact) mass is 374 g/mol.